The van der Waals surface area contributed by atoms with Crippen LogP contribution in [0.1, 0.15) is 11.1 Å². The Labute approximate surface area is 248 Å². The van der Waals surface area contributed by atoms with Gasteiger partial charge in [0.2, 0.25) is 0 Å². The summed E-state index contributed by atoms with van der Waals surface area (Å²) in [4.78, 5) is 17.1. The molecule has 0 radical (unpaired) electrons. The van der Waals surface area contributed by atoms with E-state index in [-0.39, 0.29) is 21.1 Å². The van der Waals surface area contributed by atoms with Crippen molar-refractivity contribution in [1.82, 2.24) is 39.2 Å². The monoisotopic (exact) mass is 703 g/mol. The van der Waals surface area contributed by atoms with Crippen molar-refractivity contribution >= 4 is 0 Å². The van der Waals surface area contributed by atoms with Gasteiger partial charge < -0.3 is 39.2 Å². The van der Waals surface area contributed by atoms with Crippen LogP contribution in [0.3, 0.4) is 0 Å². The van der Waals surface area contributed by atoms with Crippen LogP contribution in [-0.4, -0.2) is 66.6 Å². The van der Waals surface area contributed by atoms with Gasteiger partial charge in [0.1, 0.15) is 0 Å². The molecule has 0 atom stereocenters. The third-order valence-corrected chi connectivity index (χ3v) is 6.21. The van der Waals surface area contributed by atoms with Gasteiger partial charge in [-0.15, -0.1) is 0 Å². The summed E-state index contributed by atoms with van der Waals surface area (Å²) in [6.07, 6.45) is 16.6. The van der Waals surface area contributed by atoms with E-state index < -0.39 is 0 Å². The molecule has 0 saturated heterocycles. The molecular formula is C30H36N8Pt. The fourth-order valence-corrected chi connectivity index (χ4v) is 4.37. The first-order valence-corrected chi connectivity index (χ1v) is 12.8. The van der Waals surface area contributed by atoms with Crippen LogP contribution in [0.15, 0.2) is 110 Å². The maximum atomic E-state index is 2.21. The second kappa shape index (κ2) is 14.0. The van der Waals surface area contributed by atoms with E-state index in [0.29, 0.717) is 0 Å². The molecule has 2 aromatic rings. The summed E-state index contributed by atoms with van der Waals surface area (Å²) in [6, 6.07) is 21.1. The zero-order valence-electron chi connectivity index (χ0n) is 22.4. The zero-order valence-corrected chi connectivity index (χ0v) is 24.7. The normalized spacial score (nSPS) is 17.5. The van der Waals surface area contributed by atoms with Gasteiger partial charge in [0.25, 0.3) is 0 Å². The molecule has 0 fully saturated rings. The average molecular weight is 704 g/mol. The Morgan fingerprint density at radius 1 is 0.436 bits per heavy atom. The molecule has 4 aliphatic rings. The Bertz CT molecular complexity index is 1030. The molecule has 0 N–H and O–H groups in total. The number of benzene rings is 2. The first-order valence-electron chi connectivity index (χ1n) is 12.8. The largest absolute Gasteiger partial charge is 4.00 e. The van der Waals surface area contributed by atoms with Crippen LogP contribution >= 0.6 is 0 Å². The fraction of sp³-hybridized carbons (Fsp3) is 0.200. The Hall–Kier alpha value is -3.51. The second-order valence-electron chi connectivity index (χ2n) is 9.64. The molecule has 0 spiro atoms. The van der Waals surface area contributed by atoms with E-state index in [9.17, 15) is 0 Å². The van der Waals surface area contributed by atoms with Crippen LogP contribution in [0.2, 0.25) is 0 Å². The van der Waals surface area contributed by atoms with Gasteiger partial charge >= 0.3 is 21.1 Å². The Balaban J connectivity index is 0.000000213. The van der Waals surface area contributed by atoms with E-state index in [1.165, 1.54) is 11.1 Å². The molecule has 4 aliphatic heterocycles. The first kappa shape index (κ1) is 28.5. The minimum Gasteiger partial charge on any atom is -0.511 e. The van der Waals surface area contributed by atoms with Gasteiger partial charge in [-0.3, -0.25) is 0 Å². The van der Waals surface area contributed by atoms with E-state index in [1.807, 2.05) is 36.3 Å². The molecule has 0 saturated carbocycles. The molecule has 0 aliphatic carbocycles. The third-order valence-electron chi connectivity index (χ3n) is 6.21. The van der Waals surface area contributed by atoms with Crippen molar-refractivity contribution in [1.29, 1.82) is 0 Å². The van der Waals surface area contributed by atoms with Crippen molar-refractivity contribution < 1.29 is 21.1 Å². The van der Waals surface area contributed by atoms with Gasteiger partial charge in [0.15, 0.2) is 0 Å². The molecule has 9 heteroatoms. The molecule has 0 bridgehead atoms. The summed E-state index contributed by atoms with van der Waals surface area (Å²) in [5.41, 5.74) is 2.62. The van der Waals surface area contributed by atoms with E-state index in [1.54, 1.807) is 0 Å². The SMILES string of the molecule is C1=CN(CN2C=CN(Cc3ccccc3)[CH-]2)[CH-]N1Cc1ccccc1.CN1C=CN(CN2C=CN(C)[CH-]2)[CH-]1.[Pt+4]. The van der Waals surface area contributed by atoms with Crippen LogP contribution in [0.25, 0.3) is 0 Å². The van der Waals surface area contributed by atoms with Gasteiger partial charge in [0.05, 0.1) is 0 Å². The molecule has 2 aromatic carbocycles. The summed E-state index contributed by atoms with van der Waals surface area (Å²) in [6.45, 7) is 11.9. The first-order chi connectivity index (χ1) is 18.6. The van der Waals surface area contributed by atoms with E-state index >= 15 is 0 Å². The van der Waals surface area contributed by atoms with E-state index in [4.69, 9.17) is 0 Å². The minimum absolute atomic E-state index is 0. The van der Waals surface area contributed by atoms with Gasteiger partial charge in [-0.25, -0.2) is 0 Å². The molecule has 206 valence electrons. The summed E-state index contributed by atoms with van der Waals surface area (Å²) < 4.78 is 0. The Morgan fingerprint density at radius 3 is 1.13 bits per heavy atom. The molecule has 6 rings (SSSR count). The van der Waals surface area contributed by atoms with Gasteiger partial charge in [-0.2, -0.15) is 26.7 Å². The summed E-state index contributed by atoms with van der Waals surface area (Å²) in [5.74, 6) is 0. The number of rotatable bonds is 8. The van der Waals surface area contributed by atoms with Gasteiger partial charge in [-0.05, 0) is 74.8 Å². The van der Waals surface area contributed by atoms with Gasteiger partial charge in [-0.1, -0.05) is 60.7 Å². The van der Waals surface area contributed by atoms with E-state index in [2.05, 4.69) is 154 Å². The number of hydrogen-bond acceptors (Lipinski definition) is 8. The van der Waals surface area contributed by atoms with Crippen molar-refractivity contribution in [3.63, 3.8) is 0 Å². The number of nitrogens with zero attached hydrogens (tertiary/aromatic N) is 8. The maximum absolute atomic E-state index is 2.21. The predicted octanol–water partition coefficient (Wildman–Crippen LogP) is 4.38. The van der Waals surface area contributed by atoms with Crippen molar-refractivity contribution in [2.24, 2.45) is 0 Å². The molecule has 4 heterocycles. The number of hydrogen-bond donors (Lipinski definition) is 0. The predicted molar refractivity (Wildman–Crippen MR) is 150 cm³/mol. The smallest absolute Gasteiger partial charge is 0.511 e. The maximum Gasteiger partial charge on any atom is 4.00 e. The van der Waals surface area contributed by atoms with Crippen molar-refractivity contribution in [2.45, 2.75) is 13.1 Å². The van der Waals surface area contributed by atoms with Gasteiger partial charge in [0, 0.05) is 26.4 Å². The molecular weight excluding hydrogens is 667 g/mol. The second-order valence-corrected chi connectivity index (χ2v) is 9.64. The van der Waals surface area contributed by atoms with E-state index in [0.717, 1.165) is 26.4 Å². The Kier molecular flexibility index (Phi) is 10.3. The average Bonchev–Trinajstić information content (AvgIpc) is 3.73. The summed E-state index contributed by atoms with van der Waals surface area (Å²) in [5, 5.41) is 0. The van der Waals surface area contributed by atoms with Crippen molar-refractivity contribution in [2.75, 3.05) is 27.4 Å². The summed E-state index contributed by atoms with van der Waals surface area (Å²) in [7, 11) is 4.04. The van der Waals surface area contributed by atoms with Crippen LogP contribution < -0.4 is 0 Å². The molecule has 0 aromatic heterocycles. The van der Waals surface area contributed by atoms with Crippen molar-refractivity contribution in [3.8, 4) is 0 Å². The molecule has 39 heavy (non-hydrogen) atoms. The standard InChI is InChI=1S/C21H22N4.C9H14N4.Pt/c1-3-7-20(8-4-1)15-22-11-13-24(17-22)19-25-14-12-23(18-25)16-21-9-5-2-6-10-21;1-10-3-5-12(7-10)9-13-6-4-11(2)8-13;/h1-14,17-18H,15-16,19H2;3-8H,9H2,1-2H3;/q2*-2;+4. The topological polar surface area (TPSA) is 25.9 Å². The molecule has 0 amide bonds. The third kappa shape index (κ3) is 8.75. The van der Waals surface area contributed by atoms with Crippen LogP contribution in [-0.2, 0) is 34.2 Å². The van der Waals surface area contributed by atoms with Crippen LogP contribution in [0.5, 0.6) is 0 Å². The minimum atomic E-state index is 0. The summed E-state index contributed by atoms with van der Waals surface area (Å²) >= 11 is 0. The van der Waals surface area contributed by atoms with Crippen LogP contribution in [0, 0.1) is 26.7 Å². The quantitative estimate of drug-likeness (QED) is 0.375. The molecule has 0 unspecified atom stereocenters. The van der Waals surface area contributed by atoms with Crippen molar-refractivity contribution in [3.05, 3.63) is 148 Å². The Morgan fingerprint density at radius 2 is 0.769 bits per heavy atom. The van der Waals surface area contributed by atoms with Crippen LogP contribution in [0.4, 0.5) is 0 Å². The molecule has 8 nitrogen and oxygen atoms in total. The fourth-order valence-electron chi connectivity index (χ4n) is 4.37. The zero-order chi connectivity index (χ0) is 26.2.